The molecule has 0 aliphatic heterocycles. The quantitative estimate of drug-likeness (QED) is 0.482. The van der Waals surface area contributed by atoms with Gasteiger partial charge in [0.2, 0.25) is 0 Å². The molecule has 0 aromatic rings. The topological polar surface area (TPSA) is 0 Å². The zero-order chi connectivity index (χ0) is 7.35. The first-order chi connectivity index (χ1) is 4.62. The Morgan fingerprint density at radius 2 is 1.80 bits per heavy atom. The van der Waals surface area contributed by atoms with Gasteiger partial charge in [0, 0.05) is 0 Å². The largest absolute Gasteiger partial charge is 0.0625 e. The third-order valence-corrected chi connectivity index (χ3v) is 3.91. The third-order valence-electron chi connectivity index (χ3n) is 3.91. The van der Waals surface area contributed by atoms with E-state index in [4.69, 9.17) is 0 Å². The Morgan fingerprint density at radius 1 is 1.10 bits per heavy atom. The van der Waals surface area contributed by atoms with Crippen molar-refractivity contribution in [3.63, 3.8) is 0 Å². The number of rotatable bonds is 0. The number of hydrogen-bond donors (Lipinski definition) is 0. The molecule has 2 fully saturated rings. The summed E-state index contributed by atoms with van der Waals surface area (Å²) in [6.07, 6.45) is 4.51. The molecule has 0 aromatic carbocycles. The van der Waals surface area contributed by atoms with Crippen molar-refractivity contribution in [2.45, 2.75) is 40.0 Å². The molecule has 0 radical (unpaired) electrons. The maximum atomic E-state index is 2.44. The van der Waals surface area contributed by atoms with E-state index in [-0.39, 0.29) is 0 Å². The van der Waals surface area contributed by atoms with E-state index < -0.39 is 0 Å². The average Bonchev–Trinajstić information content (AvgIpc) is 2.36. The van der Waals surface area contributed by atoms with Crippen LogP contribution in [0.2, 0.25) is 0 Å². The van der Waals surface area contributed by atoms with Crippen LogP contribution in [-0.4, -0.2) is 0 Å². The van der Waals surface area contributed by atoms with Crippen LogP contribution in [0.25, 0.3) is 0 Å². The summed E-state index contributed by atoms with van der Waals surface area (Å²) in [5.41, 5.74) is 0.727. The van der Waals surface area contributed by atoms with Crippen molar-refractivity contribution in [3.8, 4) is 0 Å². The summed E-state index contributed by atoms with van der Waals surface area (Å²) < 4.78 is 0. The van der Waals surface area contributed by atoms with Gasteiger partial charge < -0.3 is 0 Å². The molecule has 0 nitrogen and oxygen atoms in total. The predicted octanol–water partition coefficient (Wildman–Crippen LogP) is 3.08. The van der Waals surface area contributed by atoms with Gasteiger partial charge in [0.25, 0.3) is 0 Å². The Balaban J connectivity index is 2.04. The molecule has 58 valence electrons. The SMILES string of the molecule is C[C@@H]1CC[C@@H]2[C@@H](C1)C2(C)C. The molecule has 0 heterocycles. The molecule has 0 aromatic heterocycles. The summed E-state index contributed by atoms with van der Waals surface area (Å²) in [6.45, 7) is 7.30. The lowest BCUT2D eigenvalue weighted by molar-refractivity contribution is 0.367. The molecule has 0 amide bonds. The van der Waals surface area contributed by atoms with Gasteiger partial charge in [-0.25, -0.2) is 0 Å². The van der Waals surface area contributed by atoms with Gasteiger partial charge in [0.15, 0.2) is 0 Å². The van der Waals surface area contributed by atoms with Gasteiger partial charge in [-0.05, 0) is 36.0 Å². The van der Waals surface area contributed by atoms with Crippen LogP contribution in [0.15, 0.2) is 0 Å². The zero-order valence-electron chi connectivity index (χ0n) is 7.35. The highest BCUT2D eigenvalue weighted by Gasteiger charge is 2.58. The van der Waals surface area contributed by atoms with Crippen molar-refractivity contribution < 1.29 is 0 Å². The van der Waals surface area contributed by atoms with E-state index in [2.05, 4.69) is 20.8 Å². The number of hydrogen-bond acceptors (Lipinski definition) is 0. The first-order valence-electron chi connectivity index (χ1n) is 4.62. The molecular formula is C10H18. The van der Waals surface area contributed by atoms with E-state index in [1.807, 2.05) is 0 Å². The molecule has 0 unspecified atom stereocenters. The van der Waals surface area contributed by atoms with Crippen LogP contribution in [0, 0.1) is 23.2 Å². The molecule has 0 heteroatoms. The summed E-state index contributed by atoms with van der Waals surface area (Å²) >= 11 is 0. The first-order valence-corrected chi connectivity index (χ1v) is 4.62. The summed E-state index contributed by atoms with van der Waals surface area (Å²) in [4.78, 5) is 0. The van der Waals surface area contributed by atoms with Gasteiger partial charge in [-0.15, -0.1) is 0 Å². The second-order valence-corrected chi connectivity index (χ2v) is 4.95. The monoisotopic (exact) mass is 138 g/mol. The Morgan fingerprint density at radius 3 is 2.30 bits per heavy atom. The van der Waals surface area contributed by atoms with E-state index >= 15 is 0 Å². The Hall–Kier alpha value is 0. The second-order valence-electron chi connectivity index (χ2n) is 4.95. The van der Waals surface area contributed by atoms with Crippen molar-refractivity contribution in [2.24, 2.45) is 23.2 Å². The fourth-order valence-corrected chi connectivity index (χ4v) is 2.91. The van der Waals surface area contributed by atoms with E-state index in [1.54, 1.807) is 0 Å². The Kier molecular flexibility index (Phi) is 1.19. The summed E-state index contributed by atoms with van der Waals surface area (Å²) in [6, 6.07) is 0. The van der Waals surface area contributed by atoms with E-state index in [0.29, 0.717) is 0 Å². The third kappa shape index (κ3) is 0.741. The normalized spacial score (nSPS) is 50.1. The fourth-order valence-electron chi connectivity index (χ4n) is 2.91. The van der Waals surface area contributed by atoms with Crippen LogP contribution in [0.5, 0.6) is 0 Å². The van der Waals surface area contributed by atoms with Crippen molar-refractivity contribution in [2.75, 3.05) is 0 Å². The van der Waals surface area contributed by atoms with Gasteiger partial charge in [0.1, 0.15) is 0 Å². The Bertz CT molecular complexity index is 146. The maximum Gasteiger partial charge on any atom is -0.0292 e. The smallest absolute Gasteiger partial charge is 0.0292 e. The molecule has 2 aliphatic rings. The summed E-state index contributed by atoms with van der Waals surface area (Å²) in [5.74, 6) is 3.21. The Labute approximate surface area is 64.0 Å². The van der Waals surface area contributed by atoms with Crippen LogP contribution >= 0.6 is 0 Å². The maximum absolute atomic E-state index is 2.44. The first kappa shape index (κ1) is 6.69. The molecule has 10 heavy (non-hydrogen) atoms. The van der Waals surface area contributed by atoms with E-state index in [0.717, 1.165) is 23.2 Å². The van der Waals surface area contributed by atoms with Gasteiger partial charge in [-0.2, -0.15) is 0 Å². The molecule has 0 N–H and O–H groups in total. The van der Waals surface area contributed by atoms with E-state index in [9.17, 15) is 0 Å². The molecule has 2 aliphatic carbocycles. The minimum Gasteiger partial charge on any atom is -0.0625 e. The van der Waals surface area contributed by atoms with Crippen molar-refractivity contribution in [1.29, 1.82) is 0 Å². The highest BCUT2D eigenvalue weighted by Crippen LogP contribution is 2.65. The minimum absolute atomic E-state index is 0.727. The highest BCUT2D eigenvalue weighted by atomic mass is 14.6. The number of fused-ring (bicyclic) bond motifs is 1. The molecule has 0 saturated heterocycles. The lowest BCUT2D eigenvalue weighted by atomic mass is 9.91. The van der Waals surface area contributed by atoms with Crippen LogP contribution < -0.4 is 0 Å². The van der Waals surface area contributed by atoms with Gasteiger partial charge in [-0.3, -0.25) is 0 Å². The second kappa shape index (κ2) is 1.78. The van der Waals surface area contributed by atoms with Gasteiger partial charge in [-0.1, -0.05) is 27.2 Å². The van der Waals surface area contributed by atoms with Gasteiger partial charge in [0.05, 0.1) is 0 Å². The molecular weight excluding hydrogens is 120 g/mol. The lowest BCUT2D eigenvalue weighted by Gasteiger charge is -2.15. The van der Waals surface area contributed by atoms with Crippen LogP contribution in [-0.2, 0) is 0 Å². The zero-order valence-corrected chi connectivity index (χ0v) is 7.35. The van der Waals surface area contributed by atoms with Crippen LogP contribution in [0.4, 0.5) is 0 Å². The predicted molar refractivity (Wildman–Crippen MR) is 43.8 cm³/mol. The summed E-state index contributed by atoms with van der Waals surface area (Å²) in [5, 5.41) is 0. The highest BCUT2D eigenvalue weighted by molar-refractivity contribution is 5.07. The van der Waals surface area contributed by atoms with Crippen molar-refractivity contribution in [3.05, 3.63) is 0 Å². The molecule has 3 atom stereocenters. The summed E-state index contributed by atoms with van der Waals surface area (Å²) in [7, 11) is 0. The molecule has 0 bridgehead atoms. The van der Waals surface area contributed by atoms with Crippen molar-refractivity contribution in [1.82, 2.24) is 0 Å². The molecule has 2 rings (SSSR count). The molecule has 2 saturated carbocycles. The van der Waals surface area contributed by atoms with E-state index in [1.165, 1.54) is 19.3 Å². The lowest BCUT2D eigenvalue weighted by Crippen LogP contribution is -2.03. The van der Waals surface area contributed by atoms with Crippen LogP contribution in [0.3, 0.4) is 0 Å². The fraction of sp³-hybridized carbons (Fsp3) is 1.00. The molecule has 0 spiro atoms. The van der Waals surface area contributed by atoms with Gasteiger partial charge >= 0.3 is 0 Å². The minimum atomic E-state index is 0.727. The average molecular weight is 138 g/mol. The van der Waals surface area contributed by atoms with Crippen molar-refractivity contribution >= 4 is 0 Å². The van der Waals surface area contributed by atoms with Crippen LogP contribution in [0.1, 0.15) is 40.0 Å². The standard InChI is InChI=1S/C10H18/c1-7-4-5-8-9(6-7)10(8,2)3/h7-9H,4-6H2,1-3H3/t7-,8-,9-/m1/s1.